The zero-order valence-electron chi connectivity index (χ0n) is 16.8. The Morgan fingerprint density at radius 2 is 1.57 bits per heavy atom. The Balaban J connectivity index is 1.40. The summed E-state index contributed by atoms with van der Waals surface area (Å²) in [6.45, 7) is 4.30. The molecule has 0 unspecified atom stereocenters. The highest BCUT2D eigenvalue weighted by Gasteiger charge is 2.23. The summed E-state index contributed by atoms with van der Waals surface area (Å²) >= 11 is 5.94. The van der Waals surface area contributed by atoms with Crippen LogP contribution in [-0.2, 0) is 11.3 Å². The van der Waals surface area contributed by atoms with Crippen LogP contribution in [0.1, 0.15) is 5.56 Å². The Kier molecular flexibility index (Phi) is 6.62. The summed E-state index contributed by atoms with van der Waals surface area (Å²) < 4.78 is 0. The predicted octanol–water partition coefficient (Wildman–Crippen LogP) is 4.09. The molecule has 154 valence electrons. The molecule has 0 saturated carbocycles. The van der Waals surface area contributed by atoms with Gasteiger partial charge in [0.25, 0.3) is 0 Å². The molecule has 4 rings (SSSR count). The fraction of sp³-hybridized carbons (Fsp3) is 0.250. The average molecular weight is 421 g/mol. The number of aromatic nitrogens is 1. The number of carbonyl (C=O) groups is 1. The van der Waals surface area contributed by atoms with E-state index in [1.165, 1.54) is 0 Å². The third-order valence-electron chi connectivity index (χ3n) is 5.32. The quantitative estimate of drug-likeness (QED) is 0.602. The van der Waals surface area contributed by atoms with Crippen molar-refractivity contribution in [1.82, 2.24) is 9.88 Å². The Morgan fingerprint density at radius 1 is 0.900 bits per heavy atom. The van der Waals surface area contributed by atoms with E-state index in [-0.39, 0.29) is 5.91 Å². The van der Waals surface area contributed by atoms with Gasteiger partial charge in [0.2, 0.25) is 5.91 Å². The number of piperazine rings is 1. The molecule has 1 aromatic heterocycles. The lowest BCUT2D eigenvalue weighted by Gasteiger charge is -2.36. The number of rotatable bonds is 6. The van der Waals surface area contributed by atoms with Crippen molar-refractivity contribution in [2.24, 2.45) is 0 Å². The summed E-state index contributed by atoms with van der Waals surface area (Å²) in [5.74, 6) is 1.04. The molecule has 0 N–H and O–H groups in total. The van der Waals surface area contributed by atoms with E-state index in [0.29, 0.717) is 18.1 Å². The van der Waals surface area contributed by atoms with Gasteiger partial charge in [-0.3, -0.25) is 9.69 Å². The monoisotopic (exact) mass is 420 g/mol. The van der Waals surface area contributed by atoms with Crippen LogP contribution in [0.4, 0.5) is 11.5 Å². The van der Waals surface area contributed by atoms with Crippen molar-refractivity contribution in [2.75, 3.05) is 42.5 Å². The summed E-state index contributed by atoms with van der Waals surface area (Å²) in [4.78, 5) is 24.0. The number of hydrogen-bond acceptors (Lipinski definition) is 4. The van der Waals surface area contributed by atoms with Gasteiger partial charge in [0, 0.05) is 38.1 Å². The Hall–Kier alpha value is -2.89. The van der Waals surface area contributed by atoms with Crippen molar-refractivity contribution >= 4 is 29.0 Å². The molecule has 0 radical (unpaired) electrons. The third-order valence-corrected chi connectivity index (χ3v) is 5.54. The first kappa shape index (κ1) is 20.4. The molecule has 5 nitrogen and oxygen atoms in total. The van der Waals surface area contributed by atoms with Crippen molar-refractivity contribution in [3.8, 4) is 0 Å². The number of amides is 1. The van der Waals surface area contributed by atoms with Gasteiger partial charge < -0.3 is 9.80 Å². The predicted molar refractivity (Wildman–Crippen MR) is 122 cm³/mol. The molecular weight excluding hydrogens is 396 g/mol. The minimum Gasteiger partial charge on any atom is -0.354 e. The zero-order chi connectivity index (χ0) is 20.8. The summed E-state index contributed by atoms with van der Waals surface area (Å²) in [6.07, 6.45) is 1.67. The molecule has 0 atom stereocenters. The van der Waals surface area contributed by atoms with Crippen LogP contribution in [0, 0.1) is 0 Å². The van der Waals surface area contributed by atoms with Gasteiger partial charge in [0.1, 0.15) is 5.82 Å². The van der Waals surface area contributed by atoms with Crippen LogP contribution in [0.15, 0.2) is 79.0 Å². The molecule has 0 bridgehead atoms. The van der Waals surface area contributed by atoms with Crippen LogP contribution in [0.25, 0.3) is 0 Å². The summed E-state index contributed by atoms with van der Waals surface area (Å²) in [7, 11) is 0. The van der Waals surface area contributed by atoms with E-state index in [2.05, 4.69) is 26.9 Å². The lowest BCUT2D eigenvalue weighted by Crippen LogP contribution is -2.50. The molecule has 30 heavy (non-hydrogen) atoms. The number of anilines is 2. The van der Waals surface area contributed by atoms with Gasteiger partial charge >= 0.3 is 0 Å². The van der Waals surface area contributed by atoms with E-state index >= 15 is 0 Å². The molecule has 1 fully saturated rings. The van der Waals surface area contributed by atoms with Gasteiger partial charge in [-0.25, -0.2) is 4.98 Å². The van der Waals surface area contributed by atoms with E-state index < -0.39 is 0 Å². The largest absolute Gasteiger partial charge is 0.354 e. The maximum absolute atomic E-state index is 13.2. The Morgan fingerprint density at radius 3 is 2.20 bits per heavy atom. The molecule has 0 aliphatic carbocycles. The lowest BCUT2D eigenvalue weighted by atomic mass is 10.2. The number of nitrogens with zero attached hydrogens (tertiary/aromatic N) is 4. The molecule has 1 aliphatic rings. The van der Waals surface area contributed by atoms with Crippen LogP contribution in [0.5, 0.6) is 0 Å². The van der Waals surface area contributed by atoms with Crippen molar-refractivity contribution in [3.63, 3.8) is 0 Å². The summed E-state index contributed by atoms with van der Waals surface area (Å²) in [5, 5.41) is 0.641. The van der Waals surface area contributed by atoms with Gasteiger partial charge in [-0.15, -0.1) is 0 Å². The minimum atomic E-state index is 0.114. The second kappa shape index (κ2) is 9.74. The standard InChI is InChI=1S/C24H25ClN4O/c25-21-11-12-23(26-17-21)28-15-13-27(14-16-28)19-24(30)29(22-9-5-2-6-10-22)18-20-7-3-1-4-8-20/h1-12,17H,13-16,18-19H2. The van der Waals surface area contributed by atoms with Gasteiger partial charge in [0.15, 0.2) is 0 Å². The molecule has 1 saturated heterocycles. The van der Waals surface area contributed by atoms with Crippen molar-refractivity contribution in [1.29, 1.82) is 0 Å². The van der Waals surface area contributed by atoms with Gasteiger partial charge in [-0.2, -0.15) is 0 Å². The van der Waals surface area contributed by atoms with Crippen LogP contribution >= 0.6 is 11.6 Å². The average Bonchev–Trinajstić information content (AvgIpc) is 2.80. The first-order valence-corrected chi connectivity index (χ1v) is 10.5. The van der Waals surface area contributed by atoms with Crippen LogP contribution < -0.4 is 9.80 Å². The lowest BCUT2D eigenvalue weighted by molar-refractivity contribution is -0.120. The smallest absolute Gasteiger partial charge is 0.241 e. The van der Waals surface area contributed by atoms with E-state index in [0.717, 1.165) is 43.2 Å². The van der Waals surface area contributed by atoms with Crippen LogP contribution in [0.3, 0.4) is 0 Å². The van der Waals surface area contributed by atoms with E-state index in [9.17, 15) is 4.79 Å². The number of pyridine rings is 1. The number of benzene rings is 2. The maximum Gasteiger partial charge on any atom is 0.241 e. The summed E-state index contributed by atoms with van der Waals surface area (Å²) in [5.41, 5.74) is 2.05. The molecule has 2 heterocycles. The van der Waals surface area contributed by atoms with E-state index in [1.807, 2.05) is 65.6 Å². The first-order valence-electron chi connectivity index (χ1n) is 10.2. The second-order valence-electron chi connectivity index (χ2n) is 7.40. The summed E-state index contributed by atoms with van der Waals surface area (Å²) in [6, 6.07) is 23.8. The highest BCUT2D eigenvalue weighted by atomic mass is 35.5. The first-order chi connectivity index (χ1) is 14.7. The van der Waals surface area contributed by atoms with Gasteiger partial charge in [0.05, 0.1) is 18.1 Å². The highest BCUT2D eigenvalue weighted by molar-refractivity contribution is 6.30. The van der Waals surface area contributed by atoms with Crippen LogP contribution in [-0.4, -0.2) is 48.5 Å². The molecule has 0 spiro atoms. The third kappa shape index (κ3) is 5.17. The van der Waals surface area contributed by atoms with Crippen molar-refractivity contribution < 1.29 is 4.79 Å². The Bertz CT molecular complexity index is 942. The molecule has 1 amide bonds. The van der Waals surface area contributed by atoms with Crippen molar-refractivity contribution in [3.05, 3.63) is 89.6 Å². The fourth-order valence-electron chi connectivity index (χ4n) is 3.66. The van der Waals surface area contributed by atoms with Gasteiger partial charge in [-0.05, 0) is 29.8 Å². The normalized spacial score (nSPS) is 14.5. The molecular formula is C24H25ClN4O. The Labute approximate surface area is 182 Å². The minimum absolute atomic E-state index is 0.114. The second-order valence-corrected chi connectivity index (χ2v) is 7.84. The van der Waals surface area contributed by atoms with Gasteiger partial charge in [-0.1, -0.05) is 60.1 Å². The topological polar surface area (TPSA) is 39.7 Å². The molecule has 3 aromatic rings. The zero-order valence-corrected chi connectivity index (χ0v) is 17.6. The SMILES string of the molecule is O=C(CN1CCN(c2ccc(Cl)cn2)CC1)N(Cc1ccccc1)c1ccccc1. The number of carbonyl (C=O) groups excluding carboxylic acids is 1. The number of hydrogen-bond donors (Lipinski definition) is 0. The van der Waals surface area contributed by atoms with Crippen molar-refractivity contribution in [2.45, 2.75) is 6.54 Å². The number of para-hydroxylation sites is 1. The number of halogens is 1. The van der Waals surface area contributed by atoms with E-state index in [4.69, 9.17) is 11.6 Å². The highest BCUT2D eigenvalue weighted by Crippen LogP contribution is 2.19. The molecule has 6 heteroatoms. The van der Waals surface area contributed by atoms with Crippen LogP contribution in [0.2, 0.25) is 5.02 Å². The fourth-order valence-corrected chi connectivity index (χ4v) is 3.78. The molecule has 1 aliphatic heterocycles. The molecule has 2 aromatic carbocycles. The maximum atomic E-state index is 13.2. The van der Waals surface area contributed by atoms with E-state index in [1.54, 1.807) is 6.20 Å².